The van der Waals surface area contributed by atoms with Gasteiger partial charge in [0.25, 0.3) is 0 Å². The van der Waals surface area contributed by atoms with E-state index >= 15 is 0 Å². The van der Waals surface area contributed by atoms with E-state index in [1.165, 1.54) is 18.3 Å². The third-order valence-electron chi connectivity index (χ3n) is 2.88. The minimum absolute atomic E-state index is 0.0124. The molecule has 0 amide bonds. The molecule has 0 aliphatic heterocycles. The summed E-state index contributed by atoms with van der Waals surface area (Å²) in [6.45, 7) is -0.296. The number of hydrogen-bond donors (Lipinski definition) is 2. The number of aromatic nitrogens is 1. The summed E-state index contributed by atoms with van der Waals surface area (Å²) in [5, 5.41) is 9.60. The van der Waals surface area contributed by atoms with Crippen molar-refractivity contribution in [3.05, 3.63) is 59.4 Å². The molecule has 0 fully saturated rings. The molecule has 0 unspecified atom stereocenters. The maximum Gasteiger partial charge on any atom is 0.242 e. The monoisotopic (exact) mass is 326 g/mol. The minimum atomic E-state index is -3.74. The Morgan fingerprint density at radius 1 is 1.19 bits per heavy atom. The summed E-state index contributed by atoms with van der Waals surface area (Å²) in [5.74, 6) is 0. The Morgan fingerprint density at radius 3 is 2.48 bits per heavy atom. The molecule has 1 heterocycles. The minimum Gasteiger partial charge on any atom is -0.395 e. The van der Waals surface area contributed by atoms with Crippen molar-refractivity contribution in [2.24, 2.45) is 0 Å². The molecular formula is C14H15ClN2O3S. The fourth-order valence-corrected chi connectivity index (χ4v) is 3.13. The lowest BCUT2D eigenvalue weighted by atomic mass is 10.1. The number of benzene rings is 1. The molecule has 1 aromatic heterocycles. The first kappa shape index (κ1) is 15.9. The number of rotatable bonds is 6. The Bertz CT molecular complexity index is 675. The molecule has 2 aromatic rings. The first-order valence-corrected chi connectivity index (χ1v) is 8.16. The zero-order chi connectivity index (χ0) is 15.3. The highest BCUT2D eigenvalue weighted by atomic mass is 35.5. The van der Waals surface area contributed by atoms with Crippen LogP contribution in [0.25, 0.3) is 0 Å². The smallest absolute Gasteiger partial charge is 0.242 e. The maximum atomic E-state index is 12.2. The van der Waals surface area contributed by atoms with Gasteiger partial charge in [0, 0.05) is 12.2 Å². The molecule has 1 atom stereocenters. The lowest BCUT2D eigenvalue weighted by Crippen LogP contribution is -2.39. The van der Waals surface area contributed by atoms with Crippen molar-refractivity contribution in [1.29, 1.82) is 0 Å². The quantitative estimate of drug-likeness (QED) is 0.791. The van der Waals surface area contributed by atoms with Gasteiger partial charge in [-0.1, -0.05) is 41.9 Å². The summed E-state index contributed by atoms with van der Waals surface area (Å²) in [7, 11) is -3.74. The second kappa shape index (κ2) is 7.00. The van der Waals surface area contributed by atoms with Gasteiger partial charge in [0.05, 0.1) is 6.61 Å². The van der Waals surface area contributed by atoms with E-state index in [9.17, 15) is 13.5 Å². The molecule has 0 aliphatic carbocycles. The van der Waals surface area contributed by atoms with Gasteiger partial charge >= 0.3 is 0 Å². The average Bonchev–Trinajstić information content (AvgIpc) is 2.48. The molecule has 0 radical (unpaired) electrons. The lowest BCUT2D eigenvalue weighted by Gasteiger charge is -2.16. The number of nitrogens with one attached hydrogen (secondary N) is 1. The summed E-state index contributed by atoms with van der Waals surface area (Å²) in [6, 6.07) is 11.5. The molecule has 1 aromatic carbocycles. The van der Waals surface area contributed by atoms with Crippen LogP contribution < -0.4 is 4.72 Å². The van der Waals surface area contributed by atoms with Gasteiger partial charge in [0.1, 0.15) is 10.0 Å². The van der Waals surface area contributed by atoms with Gasteiger partial charge in [-0.15, -0.1) is 0 Å². The van der Waals surface area contributed by atoms with Crippen molar-refractivity contribution >= 4 is 21.6 Å². The van der Waals surface area contributed by atoms with Crippen LogP contribution >= 0.6 is 11.6 Å². The van der Waals surface area contributed by atoms with E-state index in [1.54, 1.807) is 0 Å². The predicted octanol–water partition coefficient (Wildman–Crippen LogP) is 1.62. The molecule has 0 saturated carbocycles. The Balaban J connectivity index is 2.12. The Kier molecular flexibility index (Phi) is 5.30. The fraction of sp³-hybridized carbons (Fsp3) is 0.214. The van der Waals surface area contributed by atoms with Gasteiger partial charge in [-0.05, 0) is 24.1 Å². The first-order valence-electron chi connectivity index (χ1n) is 6.30. The summed E-state index contributed by atoms with van der Waals surface area (Å²) in [6.07, 6.45) is 1.58. The molecule has 21 heavy (non-hydrogen) atoms. The fourth-order valence-electron chi connectivity index (χ4n) is 1.85. The topological polar surface area (TPSA) is 79.3 Å². The van der Waals surface area contributed by atoms with Gasteiger partial charge in [-0.3, -0.25) is 0 Å². The molecule has 0 aliphatic rings. The van der Waals surface area contributed by atoms with Gasteiger partial charge in [0.2, 0.25) is 10.0 Å². The zero-order valence-electron chi connectivity index (χ0n) is 11.1. The van der Waals surface area contributed by atoms with Crippen LogP contribution in [0, 0.1) is 0 Å². The molecule has 2 rings (SSSR count). The highest BCUT2D eigenvalue weighted by Gasteiger charge is 2.20. The van der Waals surface area contributed by atoms with Crippen molar-refractivity contribution < 1.29 is 13.5 Å². The number of hydrogen-bond acceptors (Lipinski definition) is 4. The predicted molar refractivity (Wildman–Crippen MR) is 80.6 cm³/mol. The second-order valence-corrected chi connectivity index (χ2v) is 6.61. The van der Waals surface area contributed by atoms with Crippen molar-refractivity contribution in [3.63, 3.8) is 0 Å². The summed E-state index contributed by atoms with van der Waals surface area (Å²) in [4.78, 5) is 3.76. The van der Waals surface area contributed by atoms with Crippen LogP contribution in [0.3, 0.4) is 0 Å². The van der Waals surface area contributed by atoms with E-state index in [-0.39, 0.29) is 16.7 Å². The van der Waals surface area contributed by atoms with Crippen molar-refractivity contribution in [1.82, 2.24) is 9.71 Å². The van der Waals surface area contributed by atoms with E-state index in [0.717, 1.165) is 5.56 Å². The van der Waals surface area contributed by atoms with Crippen LogP contribution in [-0.2, 0) is 16.4 Å². The summed E-state index contributed by atoms with van der Waals surface area (Å²) >= 11 is 5.64. The number of nitrogens with zero attached hydrogens (tertiary/aromatic N) is 1. The van der Waals surface area contributed by atoms with E-state index < -0.39 is 16.1 Å². The van der Waals surface area contributed by atoms with E-state index in [0.29, 0.717) is 6.42 Å². The average molecular weight is 327 g/mol. The molecule has 0 bridgehead atoms. The van der Waals surface area contributed by atoms with Crippen molar-refractivity contribution in [3.8, 4) is 0 Å². The SMILES string of the molecule is O=S(=O)(N[C@@H](CO)Cc1ccccc1)c1ccc(Cl)nc1. The van der Waals surface area contributed by atoms with E-state index in [1.807, 2.05) is 30.3 Å². The highest BCUT2D eigenvalue weighted by Crippen LogP contribution is 2.12. The number of pyridine rings is 1. The van der Waals surface area contributed by atoms with Crippen molar-refractivity contribution in [2.75, 3.05) is 6.61 Å². The Hall–Kier alpha value is -1.47. The van der Waals surface area contributed by atoms with E-state index in [2.05, 4.69) is 9.71 Å². The summed E-state index contributed by atoms with van der Waals surface area (Å²) < 4.78 is 26.9. The first-order chi connectivity index (χ1) is 10.0. The number of sulfonamides is 1. The van der Waals surface area contributed by atoms with Crippen molar-refractivity contribution in [2.45, 2.75) is 17.4 Å². The van der Waals surface area contributed by atoms with Gasteiger partial charge in [0.15, 0.2) is 0 Å². The molecule has 0 saturated heterocycles. The van der Waals surface area contributed by atoms with Crippen LogP contribution in [0.15, 0.2) is 53.6 Å². The normalized spacial score (nSPS) is 13.0. The van der Waals surface area contributed by atoms with Crippen LogP contribution in [0.5, 0.6) is 0 Å². The lowest BCUT2D eigenvalue weighted by molar-refractivity contribution is 0.256. The molecule has 7 heteroatoms. The summed E-state index contributed by atoms with van der Waals surface area (Å²) in [5.41, 5.74) is 0.938. The Labute approximate surface area is 128 Å². The van der Waals surface area contributed by atoms with Gasteiger partial charge in [-0.25, -0.2) is 18.1 Å². The largest absolute Gasteiger partial charge is 0.395 e. The molecule has 112 valence electrons. The molecule has 5 nitrogen and oxygen atoms in total. The standard InChI is InChI=1S/C14H15ClN2O3S/c15-14-7-6-13(9-16-14)21(19,20)17-12(10-18)8-11-4-2-1-3-5-11/h1-7,9,12,17-18H,8,10H2/t12-/m1/s1. The number of aliphatic hydroxyl groups is 1. The number of aliphatic hydroxyl groups excluding tert-OH is 1. The van der Waals surface area contributed by atoms with Gasteiger partial charge in [-0.2, -0.15) is 0 Å². The second-order valence-electron chi connectivity index (χ2n) is 4.51. The van der Waals surface area contributed by atoms with Crippen LogP contribution in [-0.4, -0.2) is 31.2 Å². The zero-order valence-corrected chi connectivity index (χ0v) is 12.7. The molecule has 2 N–H and O–H groups in total. The third kappa shape index (κ3) is 4.50. The number of halogens is 1. The van der Waals surface area contributed by atoms with Crippen LogP contribution in [0.1, 0.15) is 5.56 Å². The molecular weight excluding hydrogens is 312 g/mol. The third-order valence-corrected chi connectivity index (χ3v) is 4.61. The van der Waals surface area contributed by atoms with Crippen LogP contribution in [0.4, 0.5) is 0 Å². The van der Waals surface area contributed by atoms with Crippen LogP contribution in [0.2, 0.25) is 5.15 Å². The Morgan fingerprint density at radius 2 is 1.90 bits per heavy atom. The van der Waals surface area contributed by atoms with Gasteiger partial charge < -0.3 is 5.11 Å². The van der Waals surface area contributed by atoms with E-state index in [4.69, 9.17) is 11.6 Å². The maximum absolute atomic E-state index is 12.2. The highest BCUT2D eigenvalue weighted by molar-refractivity contribution is 7.89. The molecule has 0 spiro atoms.